The van der Waals surface area contributed by atoms with Crippen LogP contribution in [-0.4, -0.2) is 27.5 Å². The van der Waals surface area contributed by atoms with Crippen molar-refractivity contribution < 1.29 is 5.11 Å². The van der Waals surface area contributed by atoms with E-state index in [1.807, 2.05) is 6.92 Å². The molecule has 2 N–H and O–H groups in total. The average molecular weight is 237 g/mol. The van der Waals surface area contributed by atoms with Crippen LogP contribution in [-0.2, 0) is 6.54 Å². The topological polar surface area (TPSA) is 50.1 Å². The van der Waals surface area contributed by atoms with Gasteiger partial charge in [0.2, 0.25) is 0 Å². The highest BCUT2D eigenvalue weighted by Gasteiger charge is 2.15. The molecule has 1 aliphatic carbocycles. The van der Waals surface area contributed by atoms with E-state index in [0.717, 1.165) is 12.2 Å². The van der Waals surface area contributed by atoms with Gasteiger partial charge in [0.25, 0.3) is 0 Å². The third kappa shape index (κ3) is 3.54. The second-order valence-electron chi connectivity index (χ2n) is 5.04. The fourth-order valence-corrected chi connectivity index (χ4v) is 2.36. The number of hydrogen-bond acceptors (Lipinski definition) is 3. The van der Waals surface area contributed by atoms with Crippen molar-refractivity contribution in [3.8, 4) is 0 Å². The highest BCUT2D eigenvalue weighted by molar-refractivity contribution is 5.00. The molecule has 1 aliphatic rings. The molecule has 1 saturated carbocycles. The molecule has 96 valence electrons. The van der Waals surface area contributed by atoms with Crippen LogP contribution in [0.1, 0.15) is 50.8 Å². The summed E-state index contributed by atoms with van der Waals surface area (Å²) in [5, 5.41) is 16.8. The van der Waals surface area contributed by atoms with Gasteiger partial charge in [0, 0.05) is 18.8 Å². The Morgan fingerprint density at radius 1 is 1.47 bits per heavy atom. The van der Waals surface area contributed by atoms with E-state index in [0.29, 0.717) is 6.04 Å². The van der Waals surface area contributed by atoms with Crippen LogP contribution in [0.4, 0.5) is 0 Å². The fourth-order valence-electron chi connectivity index (χ4n) is 2.36. The van der Waals surface area contributed by atoms with Crippen LogP contribution in [0, 0.1) is 0 Å². The van der Waals surface area contributed by atoms with Gasteiger partial charge in [-0.25, -0.2) is 0 Å². The zero-order valence-electron chi connectivity index (χ0n) is 10.6. The maximum Gasteiger partial charge on any atom is 0.0762 e. The molecule has 0 aliphatic heterocycles. The minimum atomic E-state index is 0.134. The Kier molecular flexibility index (Phi) is 4.57. The van der Waals surface area contributed by atoms with Gasteiger partial charge in [-0.3, -0.25) is 4.68 Å². The lowest BCUT2D eigenvalue weighted by Crippen LogP contribution is -2.28. The molecule has 0 bridgehead atoms. The fraction of sp³-hybridized carbons (Fsp3) is 0.769. The molecule has 4 nitrogen and oxygen atoms in total. The van der Waals surface area contributed by atoms with Crippen molar-refractivity contribution in [3.05, 3.63) is 18.0 Å². The number of rotatable bonds is 5. The maximum atomic E-state index is 8.93. The molecule has 0 spiro atoms. The van der Waals surface area contributed by atoms with E-state index in [1.54, 1.807) is 0 Å². The first-order valence-electron chi connectivity index (χ1n) is 6.68. The molecule has 1 fully saturated rings. The Bertz CT molecular complexity index is 331. The van der Waals surface area contributed by atoms with Gasteiger partial charge in [-0.05, 0) is 25.8 Å². The van der Waals surface area contributed by atoms with Gasteiger partial charge < -0.3 is 10.4 Å². The van der Waals surface area contributed by atoms with Crippen molar-refractivity contribution in [3.63, 3.8) is 0 Å². The molecule has 0 aromatic carbocycles. The lowest BCUT2D eigenvalue weighted by Gasteiger charge is -2.21. The third-order valence-electron chi connectivity index (χ3n) is 3.52. The molecule has 1 atom stereocenters. The summed E-state index contributed by atoms with van der Waals surface area (Å²) < 4.78 is 2.12. The van der Waals surface area contributed by atoms with Crippen LogP contribution in [0.25, 0.3) is 0 Å². The third-order valence-corrected chi connectivity index (χ3v) is 3.52. The van der Waals surface area contributed by atoms with Gasteiger partial charge in [0.1, 0.15) is 0 Å². The Morgan fingerprint density at radius 2 is 2.24 bits per heavy atom. The standard InChI is InChI=1S/C13H23N3O/c1-11(10-17)14-9-12-7-8-16(15-12)13-5-3-2-4-6-13/h7-8,11,13-14,17H,2-6,9-10H2,1H3. The van der Waals surface area contributed by atoms with Crippen molar-refractivity contribution in [2.45, 2.75) is 57.7 Å². The second-order valence-corrected chi connectivity index (χ2v) is 5.04. The Labute approximate surface area is 103 Å². The van der Waals surface area contributed by atoms with Gasteiger partial charge >= 0.3 is 0 Å². The molecule has 1 aromatic heterocycles. The van der Waals surface area contributed by atoms with Crippen LogP contribution < -0.4 is 5.32 Å². The smallest absolute Gasteiger partial charge is 0.0762 e. The van der Waals surface area contributed by atoms with Gasteiger partial charge in [0.05, 0.1) is 18.3 Å². The van der Waals surface area contributed by atoms with E-state index < -0.39 is 0 Å². The molecule has 4 heteroatoms. The van der Waals surface area contributed by atoms with Crippen molar-refractivity contribution >= 4 is 0 Å². The van der Waals surface area contributed by atoms with E-state index >= 15 is 0 Å². The quantitative estimate of drug-likeness (QED) is 0.822. The minimum absolute atomic E-state index is 0.134. The normalized spacial score (nSPS) is 19.4. The molecule has 0 amide bonds. The highest BCUT2D eigenvalue weighted by atomic mass is 16.3. The zero-order chi connectivity index (χ0) is 12.1. The van der Waals surface area contributed by atoms with E-state index in [4.69, 9.17) is 5.11 Å². The minimum Gasteiger partial charge on any atom is -0.395 e. The molecule has 0 radical (unpaired) electrons. The monoisotopic (exact) mass is 237 g/mol. The Hall–Kier alpha value is -0.870. The second kappa shape index (κ2) is 6.17. The first-order chi connectivity index (χ1) is 8.29. The van der Waals surface area contributed by atoms with Crippen molar-refractivity contribution in [1.29, 1.82) is 0 Å². The van der Waals surface area contributed by atoms with Crippen LogP contribution in [0.15, 0.2) is 12.3 Å². The van der Waals surface area contributed by atoms with Gasteiger partial charge in [0.15, 0.2) is 0 Å². The van der Waals surface area contributed by atoms with E-state index in [1.165, 1.54) is 32.1 Å². The van der Waals surface area contributed by atoms with Crippen LogP contribution >= 0.6 is 0 Å². The Morgan fingerprint density at radius 3 is 2.94 bits per heavy atom. The molecule has 0 saturated heterocycles. The first-order valence-corrected chi connectivity index (χ1v) is 6.68. The summed E-state index contributed by atoms with van der Waals surface area (Å²) in [5.74, 6) is 0. The number of aliphatic hydroxyl groups excluding tert-OH is 1. The molecular formula is C13H23N3O. The van der Waals surface area contributed by atoms with Crippen molar-refractivity contribution in [2.24, 2.45) is 0 Å². The summed E-state index contributed by atoms with van der Waals surface area (Å²) in [6.07, 6.45) is 8.67. The van der Waals surface area contributed by atoms with Crippen molar-refractivity contribution in [1.82, 2.24) is 15.1 Å². The molecule has 1 unspecified atom stereocenters. The number of hydrogen-bond donors (Lipinski definition) is 2. The first kappa shape index (κ1) is 12.6. The summed E-state index contributed by atoms with van der Waals surface area (Å²) in [6.45, 7) is 2.88. The number of nitrogens with zero attached hydrogens (tertiary/aromatic N) is 2. The van der Waals surface area contributed by atoms with Gasteiger partial charge in [-0.15, -0.1) is 0 Å². The zero-order valence-corrected chi connectivity index (χ0v) is 10.6. The maximum absolute atomic E-state index is 8.93. The van der Waals surface area contributed by atoms with E-state index in [9.17, 15) is 0 Å². The Balaban J connectivity index is 1.86. The number of nitrogens with one attached hydrogen (secondary N) is 1. The highest BCUT2D eigenvalue weighted by Crippen LogP contribution is 2.27. The summed E-state index contributed by atoms with van der Waals surface area (Å²) >= 11 is 0. The predicted molar refractivity (Wildman–Crippen MR) is 67.7 cm³/mol. The van der Waals surface area contributed by atoms with Crippen LogP contribution in [0.3, 0.4) is 0 Å². The predicted octanol–water partition coefficient (Wildman–Crippen LogP) is 1.86. The van der Waals surface area contributed by atoms with Crippen LogP contribution in [0.5, 0.6) is 0 Å². The molecular weight excluding hydrogens is 214 g/mol. The molecule has 1 aromatic rings. The molecule has 2 rings (SSSR count). The number of aliphatic hydroxyl groups is 1. The largest absolute Gasteiger partial charge is 0.395 e. The molecule has 1 heterocycles. The van der Waals surface area contributed by atoms with Crippen LogP contribution in [0.2, 0.25) is 0 Å². The van der Waals surface area contributed by atoms with Crippen molar-refractivity contribution in [2.75, 3.05) is 6.61 Å². The lowest BCUT2D eigenvalue weighted by atomic mass is 9.96. The summed E-state index contributed by atoms with van der Waals surface area (Å²) in [6, 6.07) is 2.81. The van der Waals surface area contributed by atoms with Gasteiger partial charge in [-0.2, -0.15) is 5.10 Å². The summed E-state index contributed by atoms with van der Waals surface area (Å²) in [7, 11) is 0. The van der Waals surface area contributed by atoms with E-state index in [2.05, 4.69) is 27.4 Å². The van der Waals surface area contributed by atoms with E-state index in [-0.39, 0.29) is 12.6 Å². The SMILES string of the molecule is CC(CO)NCc1ccn(C2CCCCC2)n1. The summed E-state index contributed by atoms with van der Waals surface area (Å²) in [4.78, 5) is 0. The molecule has 17 heavy (non-hydrogen) atoms. The lowest BCUT2D eigenvalue weighted by molar-refractivity contribution is 0.250. The average Bonchev–Trinajstić information content (AvgIpc) is 2.86. The van der Waals surface area contributed by atoms with Gasteiger partial charge in [-0.1, -0.05) is 19.3 Å². The summed E-state index contributed by atoms with van der Waals surface area (Å²) in [5.41, 5.74) is 1.07. The number of aromatic nitrogens is 2.